The molecular formula is C24H25N3O3. The van der Waals surface area contributed by atoms with Gasteiger partial charge in [-0.25, -0.2) is 9.78 Å². The molecule has 6 heteroatoms. The molecule has 30 heavy (non-hydrogen) atoms. The Labute approximate surface area is 174 Å². The minimum absolute atomic E-state index is 0.309. The van der Waals surface area contributed by atoms with Crippen molar-refractivity contribution in [3.8, 4) is 0 Å². The highest BCUT2D eigenvalue weighted by Gasteiger charge is 2.20. The van der Waals surface area contributed by atoms with Gasteiger partial charge < -0.3 is 19.1 Å². The molecule has 2 aromatic heterocycles. The van der Waals surface area contributed by atoms with Crippen molar-refractivity contribution in [1.82, 2.24) is 9.88 Å². The largest absolute Gasteiger partial charge is 0.443 e. The van der Waals surface area contributed by atoms with Gasteiger partial charge in [0.05, 0.1) is 5.69 Å². The molecule has 0 bridgehead atoms. The van der Waals surface area contributed by atoms with Crippen molar-refractivity contribution >= 4 is 27.8 Å². The van der Waals surface area contributed by atoms with E-state index in [1.165, 1.54) is 12.0 Å². The summed E-state index contributed by atoms with van der Waals surface area (Å²) in [5.41, 5.74) is 4.30. The van der Waals surface area contributed by atoms with E-state index in [-0.39, 0.29) is 5.63 Å². The molecule has 0 saturated carbocycles. The van der Waals surface area contributed by atoms with Crippen LogP contribution in [0.25, 0.3) is 22.1 Å². The van der Waals surface area contributed by atoms with Gasteiger partial charge in [-0.05, 0) is 56.0 Å². The van der Waals surface area contributed by atoms with Crippen LogP contribution < -0.4 is 10.9 Å². The summed E-state index contributed by atoms with van der Waals surface area (Å²) in [6.07, 6.45) is 5.76. The molecule has 0 radical (unpaired) electrons. The third-order valence-electron chi connectivity index (χ3n) is 5.96. The first-order valence-corrected chi connectivity index (χ1v) is 10.6. The fourth-order valence-corrected chi connectivity index (χ4v) is 4.39. The molecule has 4 aromatic rings. The Kier molecular flexibility index (Phi) is 5.24. The van der Waals surface area contributed by atoms with Crippen molar-refractivity contribution in [1.29, 1.82) is 0 Å². The normalized spacial score (nSPS) is 15.7. The van der Waals surface area contributed by atoms with Gasteiger partial charge in [0, 0.05) is 30.6 Å². The van der Waals surface area contributed by atoms with Gasteiger partial charge in [0.1, 0.15) is 11.1 Å². The van der Waals surface area contributed by atoms with Crippen LogP contribution in [0.1, 0.15) is 24.8 Å². The monoisotopic (exact) mass is 403 g/mol. The molecule has 1 fully saturated rings. The van der Waals surface area contributed by atoms with Crippen LogP contribution in [-0.4, -0.2) is 35.6 Å². The second-order valence-corrected chi connectivity index (χ2v) is 7.96. The van der Waals surface area contributed by atoms with Gasteiger partial charge >= 0.3 is 5.63 Å². The highest BCUT2D eigenvalue weighted by atomic mass is 16.4. The second-order valence-electron chi connectivity index (χ2n) is 7.96. The number of hydrogen-bond acceptors (Lipinski definition) is 6. The van der Waals surface area contributed by atoms with Crippen LogP contribution in [0.2, 0.25) is 0 Å². The maximum absolute atomic E-state index is 11.9. The highest BCUT2D eigenvalue weighted by Crippen LogP contribution is 2.24. The average molecular weight is 403 g/mol. The number of nitrogens with zero attached hydrogens (tertiary/aromatic N) is 2. The van der Waals surface area contributed by atoms with Crippen LogP contribution >= 0.6 is 0 Å². The Morgan fingerprint density at radius 3 is 2.80 bits per heavy atom. The van der Waals surface area contributed by atoms with Crippen LogP contribution in [0.4, 0.5) is 5.69 Å². The number of piperidine rings is 1. The van der Waals surface area contributed by atoms with Gasteiger partial charge in [-0.3, -0.25) is 0 Å². The van der Waals surface area contributed by atoms with Crippen LogP contribution in [0.5, 0.6) is 0 Å². The van der Waals surface area contributed by atoms with Crippen molar-refractivity contribution in [3.63, 3.8) is 0 Å². The zero-order valence-electron chi connectivity index (χ0n) is 16.8. The minimum atomic E-state index is -0.309. The van der Waals surface area contributed by atoms with Crippen LogP contribution in [0, 0.1) is 0 Å². The van der Waals surface area contributed by atoms with Gasteiger partial charge in [0.2, 0.25) is 0 Å². The zero-order valence-corrected chi connectivity index (χ0v) is 16.8. The predicted molar refractivity (Wildman–Crippen MR) is 118 cm³/mol. The summed E-state index contributed by atoms with van der Waals surface area (Å²) in [4.78, 5) is 18.7. The third kappa shape index (κ3) is 3.96. The van der Waals surface area contributed by atoms with Crippen molar-refractivity contribution in [3.05, 3.63) is 70.9 Å². The number of aromatic nitrogens is 1. The fraction of sp³-hybridized carbons (Fsp3) is 0.333. The molecule has 6 nitrogen and oxygen atoms in total. The van der Waals surface area contributed by atoms with E-state index in [4.69, 9.17) is 8.83 Å². The van der Waals surface area contributed by atoms with Gasteiger partial charge in [-0.1, -0.05) is 24.3 Å². The van der Waals surface area contributed by atoms with Crippen LogP contribution in [-0.2, 0) is 6.42 Å². The lowest BCUT2D eigenvalue weighted by Crippen LogP contribution is -2.39. The van der Waals surface area contributed by atoms with Gasteiger partial charge in [-0.15, -0.1) is 0 Å². The summed E-state index contributed by atoms with van der Waals surface area (Å²) >= 11 is 0. The molecule has 0 unspecified atom stereocenters. The molecule has 0 amide bonds. The van der Waals surface area contributed by atoms with Crippen LogP contribution in [0.3, 0.4) is 0 Å². The topological polar surface area (TPSA) is 71.5 Å². The van der Waals surface area contributed by atoms with E-state index in [9.17, 15) is 4.79 Å². The number of likely N-dealkylation sites (tertiary alicyclic amines) is 1. The Morgan fingerprint density at radius 2 is 1.90 bits per heavy atom. The van der Waals surface area contributed by atoms with E-state index >= 15 is 0 Å². The first kappa shape index (κ1) is 18.9. The first-order valence-electron chi connectivity index (χ1n) is 10.6. The molecule has 3 heterocycles. The highest BCUT2D eigenvalue weighted by molar-refractivity contribution is 5.89. The lowest BCUT2D eigenvalue weighted by Gasteiger charge is -2.33. The molecule has 2 aromatic carbocycles. The minimum Gasteiger partial charge on any atom is -0.443 e. The van der Waals surface area contributed by atoms with Gasteiger partial charge in [0.25, 0.3) is 0 Å². The number of fused-ring (bicyclic) bond motifs is 2. The standard InChI is InChI=1S/C24H25N3O3/c28-23-15-20(19-7-1-2-8-21(19)30-23)26-18-10-13-27(14-11-18)12-4-6-17-5-3-9-22-24(17)25-16-29-22/h1-3,5,7-9,15-16,18,26H,4,6,10-14H2. The average Bonchev–Trinajstić information content (AvgIpc) is 3.25. The smallest absolute Gasteiger partial charge is 0.338 e. The van der Waals surface area contributed by atoms with E-state index in [0.717, 1.165) is 67.5 Å². The molecule has 1 aliphatic rings. The maximum atomic E-state index is 11.9. The number of hydrogen-bond donors (Lipinski definition) is 1. The summed E-state index contributed by atoms with van der Waals surface area (Å²) in [5, 5.41) is 4.54. The summed E-state index contributed by atoms with van der Waals surface area (Å²) in [6, 6.07) is 15.8. The number of nitrogens with one attached hydrogen (secondary N) is 1. The Bertz CT molecular complexity index is 1210. The van der Waals surface area contributed by atoms with Crippen molar-refractivity contribution in [2.24, 2.45) is 0 Å². The molecule has 5 rings (SSSR count). The lowest BCUT2D eigenvalue weighted by molar-refractivity contribution is 0.217. The quantitative estimate of drug-likeness (QED) is 0.480. The molecule has 0 spiro atoms. The summed E-state index contributed by atoms with van der Waals surface area (Å²) < 4.78 is 10.7. The Balaban J connectivity index is 1.15. The Morgan fingerprint density at radius 1 is 1.07 bits per heavy atom. The van der Waals surface area contributed by atoms with E-state index in [1.54, 1.807) is 6.07 Å². The molecule has 0 atom stereocenters. The van der Waals surface area contributed by atoms with Crippen molar-refractivity contribution < 1.29 is 8.83 Å². The van der Waals surface area contributed by atoms with E-state index in [1.807, 2.05) is 36.4 Å². The molecule has 1 saturated heterocycles. The van der Waals surface area contributed by atoms with Gasteiger partial charge in [0.15, 0.2) is 12.0 Å². The molecule has 1 aliphatic heterocycles. The van der Waals surface area contributed by atoms with Crippen molar-refractivity contribution in [2.75, 3.05) is 25.0 Å². The predicted octanol–water partition coefficient (Wildman–Crippen LogP) is 4.44. The first-order chi connectivity index (χ1) is 14.8. The molecular weight excluding hydrogens is 378 g/mol. The van der Waals surface area contributed by atoms with E-state index < -0.39 is 0 Å². The van der Waals surface area contributed by atoms with E-state index in [0.29, 0.717) is 11.6 Å². The number of aryl methyl sites for hydroxylation is 1. The Hall–Kier alpha value is -3.12. The number of benzene rings is 2. The van der Waals surface area contributed by atoms with Gasteiger partial charge in [-0.2, -0.15) is 0 Å². The number of para-hydroxylation sites is 2. The third-order valence-corrected chi connectivity index (χ3v) is 5.96. The van der Waals surface area contributed by atoms with Crippen LogP contribution in [0.15, 0.2) is 68.6 Å². The summed E-state index contributed by atoms with van der Waals surface area (Å²) in [6.45, 7) is 3.20. The molecule has 0 aliphatic carbocycles. The number of oxazole rings is 1. The van der Waals surface area contributed by atoms with E-state index in [2.05, 4.69) is 21.3 Å². The zero-order chi connectivity index (χ0) is 20.3. The number of rotatable bonds is 6. The molecule has 1 N–H and O–H groups in total. The van der Waals surface area contributed by atoms with Crippen molar-refractivity contribution in [2.45, 2.75) is 31.7 Å². The fourth-order valence-electron chi connectivity index (χ4n) is 4.39. The maximum Gasteiger partial charge on any atom is 0.338 e. The summed E-state index contributed by atoms with van der Waals surface area (Å²) in [7, 11) is 0. The summed E-state index contributed by atoms with van der Waals surface area (Å²) in [5.74, 6) is 0. The second kappa shape index (κ2) is 8.32. The number of anilines is 1. The SMILES string of the molecule is O=c1cc(NC2CCN(CCCc3cccc4ocnc34)CC2)c2ccccc2o1. The molecule has 154 valence electrons. The lowest BCUT2D eigenvalue weighted by atomic mass is 10.0.